The minimum Gasteiger partial charge on any atom is -0.399 e. The first-order valence-electron chi connectivity index (χ1n) is 8.41. The Kier molecular flexibility index (Phi) is 6.32. The second kappa shape index (κ2) is 8.47. The standard InChI is InChI=1S/C20H28N2/c1-3-4-5-6-7-16(2)17-8-12-19(13-9-17)22-20-14-10-18(21)11-15-20/h8-16,22H,3-7,21H2,1-2H3. The van der Waals surface area contributed by atoms with E-state index in [4.69, 9.17) is 5.73 Å². The summed E-state index contributed by atoms with van der Waals surface area (Å²) in [6.07, 6.45) is 6.64. The Hall–Kier alpha value is -1.96. The molecule has 0 saturated heterocycles. The van der Waals surface area contributed by atoms with Crippen molar-refractivity contribution in [3.8, 4) is 0 Å². The van der Waals surface area contributed by atoms with E-state index in [0.29, 0.717) is 5.92 Å². The van der Waals surface area contributed by atoms with Crippen LogP contribution >= 0.6 is 0 Å². The number of rotatable bonds is 8. The van der Waals surface area contributed by atoms with Gasteiger partial charge in [-0.2, -0.15) is 0 Å². The molecule has 0 bridgehead atoms. The van der Waals surface area contributed by atoms with Gasteiger partial charge in [-0.25, -0.2) is 0 Å². The second-order valence-corrected chi connectivity index (χ2v) is 6.12. The van der Waals surface area contributed by atoms with Gasteiger partial charge in [0.25, 0.3) is 0 Å². The molecule has 0 aliphatic rings. The van der Waals surface area contributed by atoms with Gasteiger partial charge in [-0.3, -0.25) is 0 Å². The van der Waals surface area contributed by atoms with E-state index in [1.165, 1.54) is 37.7 Å². The van der Waals surface area contributed by atoms with Crippen molar-refractivity contribution in [3.63, 3.8) is 0 Å². The third-order valence-corrected chi connectivity index (χ3v) is 4.17. The molecule has 3 N–H and O–H groups in total. The number of nitrogens with two attached hydrogens (primary N) is 1. The predicted molar refractivity (Wildman–Crippen MR) is 97.8 cm³/mol. The average molecular weight is 296 g/mol. The van der Waals surface area contributed by atoms with Crippen LogP contribution in [0.3, 0.4) is 0 Å². The highest BCUT2D eigenvalue weighted by atomic mass is 14.9. The Bertz CT molecular complexity index is 543. The van der Waals surface area contributed by atoms with Crippen molar-refractivity contribution < 1.29 is 0 Å². The van der Waals surface area contributed by atoms with E-state index in [2.05, 4.69) is 43.4 Å². The summed E-state index contributed by atoms with van der Waals surface area (Å²) in [6, 6.07) is 16.6. The number of unbranched alkanes of at least 4 members (excludes halogenated alkanes) is 3. The van der Waals surface area contributed by atoms with Gasteiger partial charge in [-0.05, 0) is 54.3 Å². The lowest BCUT2D eigenvalue weighted by Gasteiger charge is -2.13. The van der Waals surface area contributed by atoms with E-state index < -0.39 is 0 Å². The predicted octanol–water partition coefficient (Wildman–Crippen LogP) is 6.09. The van der Waals surface area contributed by atoms with Gasteiger partial charge in [0.2, 0.25) is 0 Å². The molecule has 2 aromatic carbocycles. The van der Waals surface area contributed by atoms with Gasteiger partial charge in [0.1, 0.15) is 0 Å². The van der Waals surface area contributed by atoms with Crippen molar-refractivity contribution in [2.75, 3.05) is 11.1 Å². The van der Waals surface area contributed by atoms with Gasteiger partial charge in [-0.15, -0.1) is 0 Å². The van der Waals surface area contributed by atoms with Crippen LogP contribution in [0.15, 0.2) is 48.5 Å². The maximum Gasteiger partial charge on any atom is 0.0385 e. The molecular weight excluding hydrogens is 268 g/mol. The lowest BCUT2D eigenvalue weighted by Crippen LogP contribution is -1.95. The molecule has 0 spiro atoms. The third-order valence-electron chi connectivity index (χ3n) is 4.17. The molecule has 2 aromatic rings. The van der Waals surface area contributed by atoms with E-state index in [1.807, 2.05) is 24.3 Å². The zero-order valence-electron chi connectivity index (χ0n) is 13.8. The Balaban J connectivity index is 1.88. The molecule has 0 aliphatic carbocycles. The van der Waals surface area contributed by atoms with Crippen molar-refractivity contribution in [1.29, 1.82) is 0 Å². The fourth-order valence-corrected chi connectivity index (χ4v) is 2.67. The van der Waals surface area contributed by atoms with Gasteiger partial charge in [-0.1, -0.05) is 51.7 Å². The summed E-state index contributed by atoms with van der Waals surface area (Å²) < 4.78 is 0. The molecule has 0 radical (unpaired) electrons. The van der Waals surface area contributed by atoms with Crippen LogP contribution in [0.4, 0.5) is 17.1 Å². The Morgan fingerprint density at radius 3 is 2.05 bits per heavy atom. The first-order valence-corrected chi connectivity index (χ1v) is 8.41. The number of nitrogens with one attached hydrogen (secondary N) is 1. The second-order valence-electron chi connectivity index (χ2n) is 6.12. The van der Waals surface area contributed by atoms with Crippen molar-refractivity contribution in [2.24, 2.45) is 0 Å². The normalized spacial score (nSPS) is 12.1. The molecule has 22 heavy (non-hydrogen) atoms. The molecule has 0 aromatic heterocycles. The fraction of sp³-hybridized carbons (Fsp3) is 0.400. The van der Waals surface area contributed by atoms with Crippen LogP contribution in [0.5, 0.6) is 0 Å². The van der Waals surface area contributed by atoms with Crippen LogP contribution in [0.2, 0.25) is 0 Å². The maximum absolute atomic E-state index is 5.70. The monoisotopic (exact) mass is 296 g/mol. The van der Waals surface area contributed by atoms with Gasteiger partial charge in [0, 0.05) is 17.1 Å². The van der Waals surface area contributed by atoms with Gasteiger partial charge in [0.05, 0.1) is 0 Å². The van der Waals surface area contributed by atoms with Gasteiger partial charge >= 0.3 is 0 Å². The molecule has 1 unspecified atom stereocenters. The van der Waals surface area contributed by atoms with Crippen LogP contribution in [-0.4, -0.2) is 0 Å². The molecular formula is C20H28N2. The Morgan fingerprint density at radius 2 is 1.45 bits per heavy atom. The summed E-state index contributed by atoms with van der Waals surface area (Å²) in [7, 11) is 0. The molecule has 2 nitrogen and oxygen atoms in total. The van der Waals surface area contributed by atoms with Gasteiger partial charge < -0.3 is 11.1 Å². The molecule has 1 atom stereocenters. The van der Waals surface area contributed by atoms with Crippen LogP contribution in [0, 0.1) is 0 Å². The van der Waals surface area contributed by atoms with E-state index in [0.717, 1.165) is 17.1 Å². The molecule has 2 rings (SSSR count). The summed E-state index contributed by atoms with van der Waals surface area (Å²) in [5, 5.41) is 3.40. The summed E-state index contributed by atoms with van der Waals surface area (Å²) >= 11 is 0. The highest BCUT2D eigenvalue weighted by Gasteiger charge is 2.05. The van der Waals surface area contributed by atoms with E-state index in [1.54, 1.807) is 0 Å². The number of nitrogen functional groups attached to an aromatic ring is 1. The van der Waals surface area contributed by atoms with Crippen LogP contribution in [-0.2, 0) is 0 Å². The largest absolute Gasteiger partial charge is 0.399 e. The summed E-state index contributed by atoms with van der Waals surface area (Å²) in [5.41, 5.74) is 10.1. The van der Waals surface area contributed by atoms with E-state index in [-0.39, 0.29) is 0 Å². The Labute approximate surface area is 134 Å². The van der Waals surface area contributed by atoms with Crippen molar-refractivity contribution >= 4 is 17.1 Å². The maximum atomic E-state index is 5.70. The lowest BCUT2D eigenvalue weighted by atomic mass is 9.95. The minimum atomic E-state index is 0.641. The number of anilines is 3. The van der Waals surface area contributed by atoms with Crippen LogP contribution < -0.4 is 11.1 Å². The van der Waals surface area contributed by atoms with E-state index in [9.17, 15) is 0 Å². The highest BCUT2D eigenvalue weighted by Crippen LogP contribution is 2.25. The zero-order valence-corrected chi connectivity index (χ0v) is 13.8. The van der Waals surface area contributed by atoms with Crippen molar-refractivity contribution in [1.82, 2.24) is 0 Å². The SMILES string of the molecule is CCCCCCC(C)c1ccc(Nc2ccc(N)cc2)cc1. The molecule has 2 heteroatoms. The Morgan fingerprint density at radius 1 is 0.864 bits per heavy atom. The van der Waals surface area contributed by atoms with Crippen molar-refractivity contribution in [2.45, 2.75) is 51.9 Å². The summed E-state index contributed by atoms with van der Waals surface area (Å²) in [4.78, 5) is 0. The quantitative estimate of drug-likeness (QED) is 0.457. The minimum absolute atomic E-state index is 0.641. The first kappa shape index (κ1) is 16.4. The number of benzene rings is 2. The smallest absolute Gasteiger partial charge is 0.0385 e. The molecule has 0 saturated carbocycles. The number of hydrogen-bond donors (Lipinski definition) is 2. The third kappa shape index (κ3) is 5.10. The molecule has 0 amide bonds. The molecule has 0 aliphatic heterocycles. The van der Waals surface area contributed by atoms with Crippen LogP contribution in [0.1, 0.15) is 57.4 Å². The highest BCUT2D eigenvalue weighted by molar-refractivity contribution is 5.62. The topological polar surface area (TPSA) is 38.0 Å². The molecule has 118 valence electrons. The van der Waals surface area contributed by atoms with Gasteiger partial charge in [0.15, 0.2) is 0 Å². The fourth-order valence-electron chi connectivity index (χ4n) is 2.67. The lowest BCUT2D eigenvalue weighted by molar-refractivity contribution is 0.580. The average Bonchev–Trinajstić information content (AvgIpc) is 2.54. The summed E-state index contributed by atoms with van der Waals surface area (Å²) in [5.74, 6) is 0.641. The number of hydrogen-bond acceptors (Lipinski definition) is 2. The molecule has 0 fully saturated rings. The van der Waals surface area contributed by atoms with Crippen molar-refractivity contribution in [3.05, 3.63) is 54.1 Å². The molecule has 0 heterocycles. The first-order chi connectivity index (χ1) is 10.7. The summed E-state index contributed by atoms with van der Waals surface area (Å²) in [6.45, 7) is 4.59. The van der Waals surface area contributed by atoms with Crippen LogP contribution in [0.25, 0.3) is 0 Å². The van der Waals surface area contributed by atoms with E-state index >= 15 is 0 Å². The zero-order chi connectivity index (χ0) is 15.8.